The van der Waals surface area contributed by atoms with Gasteiger partial charge < -0.3 is 5.32 Å². The molecule has 0 aromatic carbocycles. The van der Waals surface area contributed by atoms with E-state index in [2.05, 4.69) is 22.8 Å². The first-order valence-electron chi connectivity index (χ1n) is 4.56. The SMILES string of the molecule is CNCC1(c2cccs2)CCC1. The molecule has 1 saturated carbocycles. The molecule has 0 unspecified atom stereocenters. The quantitative estimate of drug-likeness (QED) is 0.755. The number of thiophene rings is 1. The minimum Gasteiger partial charge on any atom is -0.319 e. The molecule has 1 aliphatic rings. The Hall–Kier alpha value is -0.340. The van der Waals surface area contributed by atoms with Crippen LogP contribution in [0.3, 0.4) is 0 Å². The maximum absolute atomic E-state index is 3.31. The highest BCUT2D eigenvalue weighted by Crippen LogP contribution is 2.44. The molecule has 66 valence electrons. The summed E-state index contributed by atoms with van der Waals surface area (Å²) >= 11 is 1.91. The predicted molar refractivity (Wildman–Crippen MR) is 53.8 cm³/mol. The topological polar surface area (TPSA) is 12.0 Å². The highest BCUT2D eigenvalue weighted by molar-refractivity contribution is 7.10. The summed E-state index contributed by atoms with van der Waals surface area (Å²) in [5.41, 5.74) is 0.503. The van der Waals surface area contributed by atoms with E-state index in [4.69, 9.17) is 0 Å². The van der Waals surface area contributed by atoms with Gasteiger partial charge in [0.05, 0.1) is 0 Å². The van der Waals surface area contributed by atoms with Crippen molar-refractivity contribution in [2.24, 2.45) is 0 Å². The molecule has 1 aliphatic carbocycles. The van der Waals surface area contributed by atoms with Crippen molar-refractivity contribution in [2.75, 3.05) is 13.6 Å². The van der Waals surface area contributed by atoms with Crippen LogP contribution < -0.4 is 5.32 Å². The van der Waals surface area contributed by atoms with Crippen molar-refractivity contribution < 1.29 is 0 Å². The van der Waals surface area contributed by atoms with Crippen molar-refractivity contribution in [3.05, 3.63) is 22.4 Å². The molecule has 12 heavy (non-hydrogen) atoms. The molecule has 0 atom stereocenters. The van der Waals surface area contributed by atoms with Gasteiger partial charge in [0.1, 0.15) is 0 Å². The molecule has 1 fully saturated rings. The lowest BCUT2D eigenvalue weighted by molar-refractivity contribution is 0.244. The van der Waals surface area contributed by atoms with Gasteiger partial charge in [-0.15, -0.1) is 11.3 Å². The zero-order valence-electron chi connectivity index (χ0n) is 7.47. The second kappa shape index (κ2) is 3.19. The van der Waals surface area contributed by atoms with E-state index >= 15 is 0 Å². The van der Waals surface area contributed by atoms with Crippen LogP contribution in [0.1, 0.15) is 24.1 Å². The van der Waals surface area contributed by atoms with Gasteiger partial charge in [-0.25, -0.2) is 0 Å². The van der Waals surface area contributed by atoms with Gasteiger partial charge in [0, 0.05) is 16.8 Å². The van der Waals surface area contributed by atoms with E-state index < -0.39 is 0 Å². The van der Waals surface area contributed by atoms with Crippen molar-refractivity contribution in [3.8, 4) is 0 Å². The van der Waals surface area contributed by atoms with Crippen LogP contribution in [0, 0.1) is 0 Å². The fraction of sp³-hybridized carbons (Fsp3) is 0.600. The molecule has 2 rings (SSSR count). The van der Waals surface area contributed by atoms with E-state index in [9.17, 15) is 0 Å². The standard InChI is InChI=1S/C10H15NS/c1-11-8-10(5-3-6-10)9-4-2-7-12-9/h2,4,7,11H,3,5-6,8H2,1H3. The van der Waals surface area contributed by atoms with Crippen LogP contribution in [0.15, 0.2) is 17.5 Å². The smallest absolute Gasteiger partial charge is 0.0171 e. The molecular formula is C10H15NS. The minimum absolute atomic E-state index is 0.503. The fourth-order valence-electron chi connectivity index (χ4n) is 2.03. The van der Waals surface area contributed by atoms with Crippen molar-refractivity contribution in [1.82, 2.24) is 5.32 Å². The molecule has 1 N–H and O–H groups in total. The lowest BCUT2D eigenvalue weighted by Crippen LogP contribution is -2.42. The van der Waals surface area contributed by atoms with Crippen molar-refractivity contribution in [3.63, 3.8) is 0 Å². The normalized spacial score (nSPS) is 20.4. The molecule has 0 aliphatic heterocycles. The average molecular weight is 181 g/mol. The van der Waals surface area contributed by atoms with E-state index in [1.165, 1.54) is 19.3 Å². The zero-order valence-corrected chi connectivity index (χ0v) is 8.29. The van der Waals surface area contributed by atoms with Crippen LogP contribution in [0.4, 0.5) is 0 Å². The first kappa shape index (κ1) is 8.27. The zero-order chi connectivity index (χ0) is 8.44. The molecule has 0 bridgehead atoms. The highest BCUT2D eigenvalue weighted by Gasteiger charge is 2.38. The molecule has 1 heterocycles. The monoisotopic (exact) mass is 181 g/mol. The predicted octanol–water partition coefficient (Wildman–Crippen LogP) is 2.39. The molecular weight excluding hydrogens is 166 g/mol. The van der Waals surface area contributed by atoms with E-state index in [-0.39, 0.29) is 0 Å². The van der Waals surface area contributed by atoms with Gasteiger partial charge in [-0.3, -0.25) is 0 Å². The third kappa shape index (κ3) is 1.19. The van der Waals surface area contributed by atoms with Crippen molar-refractivity contribution in [1.29, 1.82) is 0 Å². The van der Waals surface area contributed by atoms with Gasteiger partial charge in [0.15, 0.2) is 0 Å². The molecule has 0 spiro atoms. The Bertz CT molecular complexity index is 236. The third-order valence-corrected chi connectivity index (χ3v) is 3.99. The summed E-state index contributed by atoms with van der Waals surface area (Å²) in [5, 5.41) is 5.49. The molecule has 0 saturated heterocycles. The van der Waals surface area contributed by atoms with Gasteiger partial charge in [-0.1, -0.05) is 12.5 Å². The lowest BCUT2D eigenvalue weighted by Gasteiger charge is -2.41. The maximum Gasteiger partial charge on any atom is 0.0171 e. The van der Waals surface area contributed by atoms with Crippen molar-refractivity contribution >= 4 is 11.3 Å². The molecule has 0 amide bonds. The Morgan fingerprint density at radius 3 is 2.83 bits per heavy atom. The van der Waals surface area contributed by atoms with E-state index in [0.717, 1.165) is 6.54 Å². The van der Waals surface area contributed by atoms with Gasteiger partial charge in [-0.2, -0.15) is 0 Å². The number of hydrogen-bond acceptors (Lipinski definition) is 2. The van der Waals surface area contributed by atoms with Crippen LogP contribution in [-0.2, 0) is 5.41 Å². The highest BCUT2D eigenvalue weighted by atomic mass is 32.1. The van der Waals surface area contributed by atoms with Crippen LogP contribution in [0.25, 0.3) is 0 Å². The molecule has 1 nitrogen and oxygen atoms in total. The summed E-state index contributed by atoms with van der Waals surface area (Å²) < 4.78 is 0. The Morgan fingerprint density at radius 2 is 2.42 bits per heavy atom. The maximum atomic E-state index is 3.31. The van der Waals surface area contributed by atoms with E-state index in [0.29, 0.717) is 5.41 Å². The van der Waals surface area contributed by atoms with Gasteiger partial charge in [-0.05, 0) is 31.3 Å². The Labute approximate surface area is 77.8 Å². The Morgan fingerprint density at radius 1 is 1.58 bits per heavy atom. The second-order valence-corrected chi connectivity index (χ2v) is 4.59. The third-order valence-electron chi connectivity index (χ3n) is 2.87. The summed E-state index contributed by atoms with van der Waals surface area (Å²) in [7, 11) is 2.05. The summed E-state index contributed by atoms with van der Waals surface area (Å²) in [6, 6.07) is 4.44. The number of rotatable bonds is 3. The summed E-state index contributed by atoms with van der Waals surface area (Å²) in [6.45, 7) is 1.15. The largest absolute Gasteiger partial charge is 0.319 e. The van der Waals surface area contributed by atoms with Crippen molar-refractivity contribution in [2.45, 2.75) is 24.7 Å². The first-order chi connectivity index (χ1) is 5.87. The van der Waals surface area contributed by atoms with E-state index in [1.54, 1.807) is 4.88 Å². The molecule has 1 aromatic rings. The Kier molecular flexibility index (Phi) is 2.20. The number of likely N-dealkylation sites (N-methyl/N-ethyl adjacent to an activating group) is 1. The molecule has 0 radical (unpaired) electrons. The van der Waals surface area contributed by atoms with Gasteiger partial charge >= 0.3 is 0 Å². The first-order valence-corrected chi connectivity index (χ1v) is 5.44. The van der Waals surface area contributed by atoms with E-state index in [1.807, 2.05) is 18.4 Å². The molecule has 2 heteroatoms. The summed E-state index contributed by atoms with van der Waals surface area (Å²) in [5.74, 6) is 0. The second-order valence-electron chi connectivity index (χ2n) is 3.64. The average Bonchev–Trinajstić information content (AvgIpc) is 2.48. The lowest BCUT2D eigenvalue weighted by atomic mass is 9.68. The fourth-order valence-corrected chi connectivity index (χ4v) is 3.02. The molecule has 1 aromatic heterocycles. The number of nitrogens with one attached hydrogen (secondary N) is 1. The van der Waals surface area contributed by atoms with Crippen LogP contribution in [0.5, 0.6) is 0 Å². The Balaban J connectivity index is 2.17. The van der Waals surface area contributed by atoms with Crippen LogP contribution >= 0.6 is 11.3 Å². The van der Waals surface area contributed by atoms with Gasteiger partial charge in [0.2, 0.25) is 0 Å². The van der Waals surface area contributed by atoms with Gasteiger partial charge in [0.25, 0.3) is 0 Å². The summed E-state index contributed by atoms with van der Waals surface area (Å²) in [4.78, 5) is 1.57. The van der Waals surface area contributed by atoms with Crippen LogP contribution in [-0.4, -0.2) is 13.6 Å². The minimum atomic E-state index is 0.503. The number of hydrogen-bond donors (Lipinski definition) is 1. The summed E-state index contributed by atoms with van der Waals surface area (Å²) in [6.07, 6.45) is 4.14. The van der Waals surface area contributed by atoms with Crippen LogP contribution in [0.2, 0.25) is 0 Å².